The smallest absolute Gasteiger partial charge is 0.320 e. The topological polar surface area (TPSA) is 133 Å². The highest BCUT2D eigenvalue weighted by atomic mass is 32.1. The van der Waals surface area contributed by atoms with Gasteiger partial charge in [0, 0.05) is 56.2 Å². The van der Waals surface area contributed by atoms with Gasteiger partial charge < -0.3 is 24.7 Å². The van der Waals surface area contributed by atoms with Crippen LogP contribution in [0.3, 0.4) is 0 Å². The van der Waals surface area contributed by atoms with Gasteiger partial charge in [-0.25, -0.2) is 14.8 Å². The molecule has 4 atom stereocenters. The Morgan fingerprint density at radius 1 is 1.24 bits per heavy atom. The molecule has 1 aromatic carbocycles. The van der Waals surface area contributed by atoms with E-state index >= 15 is 0 Å². The molecule has 2 fully saturated rings. The SMILES string of the molecule is C#Cc1csc(-c2cc(O[C@H]3CCN4C(=O)N(C)CCCC/C=C\[C@@H]5C[C@@]5(C(=O)O)CC(=O)[C@@H]4C3)c3ccc(CO)c(C)c3n2)n1. The van der Waals surface area contributed by atoms with Gasteiger partial charge in [0.2, 0.25) is 0 Å². The molecule has 1 saturated heterocycles. The number of aryl methyl sites for hydroxylation is 1. The van der Waals surface area contributed by atoms with Gasteiger partial charge in [-0.15, -0.1) is 17.8 Å². The zero-order chi connectivity index (χ0) is 32.6. The van der Waals surface area contributed by atoms with E-state index in [1.54, 1.807) is 22.2 Å². The van der Waals surface area contributed by atoms with E-state index in [0.717, 1.165) is 35.8 Å². The maximum atomic E-state index is 14.0. The number of rotatable bonds is 5. The third kappa shape index (κ3) is 5.99. The normalized spacial score (nSPS) is 26.1. The quantitative estimate of drug-likeness (QED) is 0.287. The number of aliphatic carboxylic acids is 1. The number of urea groups is 1. The van der Waals surface area contributed by atoms with E-state index in [1.165, 1.54) is 11.3 Å². The van der Waals surface area contributed by atoms with Gasteiger partial charge in [-0.2, -0.15) is 0 Å². The average molecular weight is 643 g/mol. The van der Waals surface area contributed by atoms with Crippen molar-refractivity contribution in [2.75, 3.05) is 20.1 Å². The molecule has 4 heterocycles. The first-order chi connectivity index (χ1) is 22.1. The summed E-state index contributed by atoms with van der Waals surface area (Å²) in [7, 11) is 1.75. The van der Waals surface area contributed by atoms with Crippen molar-refractivity contribution < 1.29 is 29.3 Å². The molecule has 46 heavy (non-hydrogen) atoms. The molecule has 1 saturated carbocycles. The van der Waals surface area contributed by atoms with Crippen LogP contribution in [0.15, 0.2) is 35.7 Å². The molecule has 2 aliphatic heterocycles. The summed E-state index contributed by atoms with van der Waals surface area (Å²) in [4.78, 5) is 52.7. The Kier molecular flexibility index (Phi) is 8.86. The molecule has 0 radical (unpaired) electrons. The minimum absolute atomic E-state index is 0.130. The number of aromatic nitrogens is 2. The predicted octanol–water partition coefficient (Wildman–Crippen LogP) is 5.19. The van der Waals surface area contributed by atoms with Crippen LogP contribution in [0.2, 0.25) is 0 Å². The third-order valence-corrected chi connectivity index (χ3v) is 10.5. The van der Waals surface area contributed by atoms with E-state index in [9.17, 15) is 24.6 Å². The van der Waals surface area contributed by atoms with Gasteiger partial charge in [-0.3, -0.25) is 9.59 Å². The Labute approximate surface area is 272 Å². The Morgan fingerprint density at radius 3 is 2.80 bits per heavy atom. The molecule has 240 valence electrons. The Morgan fingerprint density at radius 2 is 2.07 bits per heavy atom. The number of hydrogen-bond donors (Lipinski definition) is 2. The minimum atomic E-state index is -1.13. The second-order valence-electron chi connectivity index (χ2n) is 12.6. The van der Waals surface area contributed by atoms with Gasteiger partial charge in [0.1, 0.15) is 28.2 Å². The van der Waals surface area contributed by atoms with Crippen LogP contribution in [0.5, 0.6) is 5.75 Å². The van der Waals surface area contributed by atoms with Crippen LogP contribution in [0, 0.1) is 30.6 Å². The molecule has 2 N–H and O–H groups in total. The van der Waals surface area contributed by atoms with Gasteiger partial charge in [0.05, 0.1) is 23.6 Å². The van der Waals surface area contributed by atoms with Gasteiger partial charge in [0.25, 0.3) is 0 Å². The fourth-order valence-corrected chi connectivity index (χ4v) is 7.48. The molecule has 1 aliphatic carbocycles. The number of fused-ring (bicyclic) bond motifs is 3. The van der Waals surface area contributed by atoms with E-state index in [-0.39, 0.29) is 37.2 Å². The van der Waals surface area contributed by atoms with E-state index < -0.39 is 23.5 Å². The molecule has 0 spiro atoms. The highest BCUT2D eigenvalue weighted by Gasteiger charge is 2.60. The standard InChI is InChI=1S/C35H38N4O6S/c1-4-24-20-46-32(36-24)27-16-30(26-11-10-22(19-40)21(2)31(26)37-27)45-25-12-14-39-28(15-25)29(41)18-35(33(42)43)17-23(35)9-7-5-6-8-13-38(3)34(39)44/h1,7,9-11,16,20,23,25,28,40H,5-6,8,12-15,17-19H2,2-3H3,(H,42,43)/b9-7-/t23-,25+,28+,35-/m1/s1. The first-order valence-corrected chi connectivity index (χ1v) is 16.6. The second kappa shape index (κ2) is 12.9. The van der Waals surface area contributed by atoms with Crippen molar-refractivity contribution >= 4 is 40.0 Å². The van der Waals surface area contributed by atoms with Gasteiger partial charge >= 0.3 is 12.0 Å². The summed E-state index contributed by atoms with van der Waals surface area (Å²) in [5.74, 6) is 1.69. The van der Waals surface area contributed by atoms with Gasteiger partial charge in [-0.05, 0) is 61.6 Å². The number of allylic oxidation sites excluding steroid dienone is 2. The van der Waals surface area contributed by atoms with Gasteiger partial charge in [-0.1, -0.05) is 18.2 Å². The number of carbonyl (C=O) groups excluding carboxylic acids is 2. The summed E-state index contributed by atoms with van der Waals surface area (Å²) < 4.78 is 6.67. The number of nitrogens with zero attached hydrogens (tertiary/aromatic N) is 4. The zero-order valence-corrected chi connectivity index (χ0v) is 26.9. The Balaban J connectivity index is 1.34. The molecule has 0 unspecified atom stereocenters. The number of benzene rings is 1. The van der Waals surface area contributed by atoms with Crippen molar-refractivity contribution in [3.63, 3.8) is 0 Å². The molecule has 2 amide bonds. The lowest BCUT2D eigenvalue weighted by Crippen LogP contribution is -2.56. The fraction of sp³-hybridized carbons (Fsp3) is 0.457. The Bertz CT molecular complexity index is 1760. The lowest BCUT2D eigenvalue weighted by Gasteiger charge is -2.40. The van der Waals surface area contributed by atoms with Crippen LogP contribution >= 0.6 is 11.3 Å². The lowest BCUT2D eigenvalue weighted by atomic mass is 9.88. The summed E-state index contributed by atoms with van der Waals surface area (Å²) in [5.41, 5.74) is 2.18. The monoisotopic (exact) mass is 642 g/mol. The third-order valence-electron chi connectivity index (χ3n) is 9.67. The number of Topliss-reactive ketones (excluding diaryl/α,β-unsaturated/α-hetero) is 1. The predicted molar refractivity (Wildman–Crippen MR) is 174 cm³/mol. The number of pyridine rings is 1. The number of aliphatic hydroxyl groups excluding tert-OH is 1. The lowest BCUT2D eigenvalue weighted by molar-refractivity contribution is -0.146. The first kappa shape index (κ1) is 31.7. The summed E-state index contributed by atoms with van der Waals surface area (Å²) in [6, 6.07) is 4.49. The van der Waals surface area contributed by atoms with E-state index in [2.05, 4.69) is 10.9 Å². The molecule has 0 bridgehead atoms. The maximum absolute atomic E-state index is 14.0. The largest absolute Gasteiger partial charge is 0.489 e. The number of ketones is 1. The van der Waals surface area contributed by atoms with Crippen LogP contribution in [-0.4, -0.2) is 80.0 Å². The molecule has 6 rings (SSSR count). The van der Waals surface area contributed by atoms with Crippen LogP contribution < -0.4 is 4.74 Å². The molecule has 11 heteroatoms. The van der Waals surface area contributed by atoms with Crippen molar-refractivity contribution in [3.05, 3.63) is 52.6 Å². The van der Waals surface area contributed by atoms with E-state index in [0.29, 0.717) is 53.6 Å². The van der Waals surface area contributed by atoms with Crippen molar-refractivity contribution in [2.24, 2.45) is 11.3 Å². The molecule has 10 nitrogen and oxygen atoms in total. The summed E-state index contributed by atoms with van der Waals surface area (Å²) in [6.07, 6.45) is 12.7. The number of terminal acetylenes is 1. The van der Waals surface area contributed by atoms with Crippen LogP contribution in [-0.2, 0) is 16.2 Å². The van der Waals surface area contributed by atoms with Crippen molar-refractivity contribution in [2.45, 2.75) is 70.6 Å². The number of carboxylic acid groups (broad SMARTS) is 1. The van der Waals surface area contributed by atoms with Crippen molar-refractivity contribution in [1.29, 1.82) is 0 Å². The summed E-state index contributed by atoms with van der Waals surface area (Å²) in [5, 5.41) is 23.2. The average Bonchev–Trinajstić information content (AvgIpc) is 3.53. The number of piperidine rings is 1. The molecule has 2 aromatic heterocycles. The number of hydrogen-bond acceptors (Lipinski definition) is 8. The zero-order valence-electron chi connectivity index (χ0n) is 26.1. The molecule has 3 aliphatic rings. The number of carbonyl (C=O) groups is 3. The molecular formula is C35H38N4O6S. The number of ether oxygens (including phenoxy) is 1. The van der Waals surface area contributed by atoms with Gasteiger partial charge in [0.15, 0.2) is 5.78 Å². The number of amides is 2. The highest BCUT2D eigenvalue weighted by molar-refractivity contribution is 7.13. The Hall–Kier alpha value is -4.27. The van der Waals surface area contributed by atoms with Crippen LogP contribution in [0.4, 0.5) is 4.79 Å². The summed E-state index contributed by atoms with van der Waals surface area (Å²) >= 11 is 1.37. The first-order valence-electron chi connectivity index (χ1n) is 15.7. The maximum Gasteiger partial charge on any atom is 0.320 e. The van der Waals surface area contributed by atoms with E-state index in [4.69, 9.17) is 16.1 Å². The summed E-state index contributed by atoms with van der Waals surface area (Å²) in [6.45, 7) is 2.64. The van der Waals surface area contributed by atoms with Crippen LogP contribution in [0.25, 0.3) is 21.6 Å². The highest BCUT2D eigenvalue weighted by Crippen LogP contribution is 2.57. The number of aliphatic hydroxyl groups is 1. The fourth-order valence-electron chi connectivity index (χ4n) is 6.76. The minimum Gasteiger partial charge on any atom is -0.489 e. The van der Waals surface area contributed by atoms with Crippen molar-refractivity contribution in [3.8, 4) is 28.8 Å². The van der Waals surface area contributed by atoms with E-state index in [1.807, 2.05) is 37.3 Å². The molecule has 3 aromatic rings. The number of thiazole rings is 1. The van der Waals surface area contributed by atoms with Crippen molar-refractivity contribution in [1.82, 2.24) is 19.8 Å². The van der Waals surface area contributed by atoms with Crippen LogP contribution in [0.1, 0.15) is 61.8 Å². The number of carboxylic acids is 1. The second-order valence-corrected chi connectivity index (χ2v) is 13.5. The molecular weight excluding hydrogens is 604 g/mol.